The second-order valence-corrected chi connectivity index (χ2v) is 10.1. The van der Waals surface area contributed by atoms with E-state index < -0.39 is 23.6 Å². The minimum Gasteiger partial charge on any atom is -0.469 e. The third kappa shape index (κ3) is 11.4. The number of unbranched alkanes of at least 4 members (excludes halogenated alkanes) is 14. The molecule has 0 aromatic heterocycles. The molecule has 2 rings (SSSR count). The van der Waals surface area contributed by atoms with Crippen molar-refractivity contribution in [3.05, 3.63) is 12.2 Å². The Morgan fingerprint density at radius 2 is 1.37 bits per heavy atom. The normalized spacial score (nSPS) is 18.1. The van der Waals surface area contributed by atoms with Crippen molar-refractivity contribution in [2.45, 2.75) is 115 Å². The zero-order valence-electron chi connectivity index (χ0n) is 22.3. The van der Waals surface area contributed by atoms with Crippen LogP contribution in [0, 0.1) is 5.92 Å². The SMILES string of the molecule is CCCCCCCCCCCCCCCCC=CC(CC(=O)OC12COCN1COC2)C(=O)OC. The van der Waals surface area contributed by atoms with E-state index in [0.717, 1.165) is 12.8 Å². The monoisotopic (exact) mass is 495 g/mol. The lowest BCUT2D eigenvalue weighted by molar-refractivity contribution is -0.172. The van der Waals surface area contributed by atoms with Gasteiger partial charge >= 0.3 is 11.9 Å². The Hall–Kier alpha value is -1.44. The molecule has 0 bridgehead atoms. The summed E-state index contributed by atoms with van der Waals surface area (Å²) in [6.07, 6.45) is 23.4. The smallest absolute Gasteiger partial charge is 0.313 e. The van der Waals surface area contributed by atoms with Gasteiger partial charge in [0.25, 0.3) is 0 Å². The predicted molar refractivity (Wildman–Crippen MR) is 136 cm³/mol. The molecule has 0 N–H and O–H groups in total. The highest BCUT2D eigenvalue weighted by molar-refractivity contribution is 5.81. The van der Waals surface area contributed by atoms with E-state index in [4.69, 9.17) is 18.9 Å². The molecule has 2 saturated heterocycles. The zero-order valence-corrected chi connectivity index (χ0v) is 22.3. The Kier molecular flexibility index (Phi) is 15.2. The summed E-state index contributed by atoms with van der Waals surface area (Å²) in [5, 5.41) is 0. The number of allylic oxidation sites excluding steroid dienone is 1. The number of ether oxygens (including phenoxy) is 4. The first-order valence-electron chi connectivity index (χ1n) is 14.0. The number of hydrogen-bond acceptors (Lipinski definition) is 7. The minimum atomic E-state index is -0.851. The van der Waals surface area contributed by atoms with Crippen LogP contribution >= 0.6 is 0 Å². The molecule has 0 radical (unpaired) electrons. The van der Waals surface area contributed by atoms with Gasteiger partial charge in [-0.1, -0.05) is 103 Å². The Morgan fingerprint density at radius 1 is 0.857 bits per heavy atom. The van der Waals surface area contributed by atoms with Crippen LogP contribution in [0.4, 0.5) is 0 Å². The number of carbonyl (C=O) groups excluding carboxylic acids is 2. The maximum atomic E-state index is 12.5. The molecule has 1 atom stereocenters. The van der Waals surface area contributed by atoms with Gasteiger partial charge in [0, 0.05) is 0 Å². The zero-order chi connectivity index (χ0) is 25.2. The van der Waals surface area contributed by atoms with Crippen molar-refractivity contribution in [2.75, 3.05) is 33.8 Å². The number of esters is 2. The van der Waals surface area contributed by atoms with Crippen LogP contribution in [-0.4, -0.2) is 56.3 Å². The van der Waals surface area contributed by atoms with Gasteiger partial charge in [0.05, 0.1) is 19.4 Å². The summed E-state index contributed by atoms with van der Waals surface area (Å²) in [7, 11) is 1.35. The van der Waals surface area contributed by atoms with Crippen molar-refractivity contribution < 1.29 is 28.5 Å². The Labute approximate surface area is 212 Å². The Balaban J connectivity index is 1.51. The summed E-state index contributed by atoms with van der Waals surface area (Å²) in [5.41, 5.74) is -0.851. The molecule has 1 unspecified atom stereocenters. The number of carbonyl (C=O) groups is 2. The fourth-order valence-corrected chi connectivity index (χ4v) is 4.78. The molecule has 2 aliphatic rings. The second kappa shape index (κ2) is 17.9. The average Bonchev–Trinajstić information content (AvgIpc) is 3.42. The quantitative estimate of drug-likeness (QED) is 0.115. The molecule has 2 aliphatic heterocycles. The molecule has 2 fully saturated rings. The average molecular weight is 496 g/mol. The van der Waals surface area contributed by atoms with Crippen LogP contribution in [0.15, 0.2) is 12.2 Å². The lowest BCUT2D eigenvalue weighted by Crippen LogP contribution is -2.47. The van der Waals surface area contributed by atoms with Gasteiger partial charge in [0.15, 0.2) is 0 Å². The van der Waals surface area contributed by atoms with Crippen molar-refractivity contribution in [3.8, 4) is 0 Å². The van der Waals surface area contributed by atoms with Crippen LogP contribution in [0.2, 0.25) is 0 Å². The molecule has 7 heteroatoms. The van der Waals surface area contributed by atoms with Crippen LogP contribution in [0.25, 0.3) is 0 Å². The van der Waals surface area contributed by atoms with E-state index in [0.29, 0.717) is 13.5 Å². The van der Waals surface area contributed by atoms with Crippen molar-refractivity contribution in [2.24, 2.45) is 5.92 Å². The topological polar surface area (TPSA) is 74.3 Å². The van der Waals surface area contributed by atoms with Crippen molar-refractivity contribution >= 4 is 11.9 Å². The number of hydrogen-bond donors (Lipinski definition) is 0. The molecule has 0 aromatic carbocycles. The van der Waals surface area contributed by atoms with Gasteiger partial charge in [-0.2, -0.15) is 0 Å². The van der Waals surface area contributed by atoms with Gasteiger partial charge in [-0.05, 0) is 12.8 Å². The fourth-order valence-electron chi connectivity index (χ4n) is 4.78. The first-order valence-corrected chi connectivity index (χ1v) is 14.0. The number of nitrogens with zero attached hydrogens (tertiary/aromatic N) is 1. The highest BCUT2D eigenvalue weighted by Crippen LogP contribution is 2.30. The third-order valence-electron chi connectivity index (χ3n) is 7.01. The van der Waals surface area contributed by atoms with Gasteiger partial charge in [-0.15, -0.1) is 0 Å². The Bertz CT molecular complexity index is 613. The maximum absolute atomic E-state index is 12.5. The third-order valence-corrected chi connectivity index (χ3v) is 7.01. The van der Waals surface area contributed by atoms with Gasteiger partial charge in [-0.3, -0.25) is 9.59 Å². The molecule has 0 amide bonds. The highest BCUT2D eigenvalue weighted by atomic mass is 16.7. The first kappa shape index (κ1) is 29.8. The van der Waals surface area contributed by atoms with Crippen molar-refractivity contribution in [1.82, 2.24) is 4.90 Å². The number of fused-ring (bicyclic) bond motifs is 1. The second-order valence-electron chi connectivity index (χ2n) is 10.1. The van der Waals surface area contributed by atoms with Crippen molar-refractivity contribution in [3.63, 3.8) is 0 Å². The molecule has 2 heterocycles. The molecular weight excluding hydrogens is 446 g/mol. The first-order chi connectivity index (χ1) is 17.1. The highest BCUT2D eigenvalue weighted by Gasteiger charge is 2.50. The molecule has 202 valence electrons. The van der Waals surface area contributed by atoms with Crippen LogP contribution in [0.3, 0.4) is 0 Å². The largest absolute Gasteiger partial charge is 0.469 e. The predicted octanol–water partition coefficient (Wildman–Crippen LogP) is 6.11. The van der Waals surface area contributed by atoms with E-state index >= 15 is 0 Å². The summed E-state index contributed by atoms with van der Waals surface area (Å²) in [5.74, 6) is -1.49. The maximum Gasteiger partial charge on any atom is 0.313 e. The Morgan fingerprint density at radius 3 is 1.89 bits per heavy atom. The molecule has 0 aliphatic carbocycles. The van der Waals surface area contributed by atoms with Crippen LogP contribution in [-0.2, 0) is 28.5 Å². The summed E-state index contributed by atoms with van der Waals surface area (Å²) in [4.78, 5) is 26.5. The van der Waals surface area contributed by atoms with Crippen LogP contribution < -0.4 is 0 Å². The van der Waals surface area contributed by atoms with Crippen LogP contribution in [0.1, 0.15) is 110 Å². The fraction of sp³-hybridized carbons (Fsp3) is 0.857. The summed E-state index contributed by atoms with van der Waals surface area (Å²) in [6, 6.07) is 0. The molecule has 35 heavy (non-hydrogen) atoms. The van der Waals surface area contributed by atoms with Gasteiger partial charge < -0.3 is 18.9 Å². The van der Waals surface area contributed by atoms with E-state index in [9.17, 15) is 9.59 Å². The van der Waals surface area contributed by atoms with E-state index in [-0.39, 0.29) is 19.6 Å². The summed E-state index contributed by atoms with van der Waals surface area (Å²) >= 11 is 0. The van der Waals surface area contributed by atoms with Gasteiger partial charge in [-0.25, -0.2) is 4.90 Å². The minimum absolute atomic E-state index is 0.0441. The van der Waals surface area contributed by atoms with Crippen LogP contribution in [0.5, 0.6) is 0 Å². The summed E-state index contributed by atoms with van der Waals surface area (Å²) in [6.45, 7) is 3.61. The van der Waals surface area contributed by atoms with E-state index in [1.165, 1.54) is 90.6 Å². The lowest BCUT2D eigenvalue weighted by Gasteiger charge is -2.27. The van der Waals surface area contributed by atoms with Gasteiger partial charge in [0.2, 0.25) is 5.72 Å². The lowest BCUT2D eigenvalue weighted by atomic mass is 10.0. The van der Waals surface area contributed by atoms with Gasteiger partial charge in [0.1, 0.15) is 26.7 Å². The van der Waals surface area contributed by atoms with E-state index in [2.05, 4.69) is 6.92 Å². The molecular formula is C28H49NO6. The number of methoxy groups -OCH3 is 1. The molecule has 0 saturated carbocycles. The molecule has 0 aromatic rings. The van der Waals surface area contributed by atoms with E-state index in [1.54, 1.807) is 6.08 Å². The molecule has 0 spiro atoms. The number of rotatable bonds is 20. The standard InChI is InChI=1S/C28H49NO6/c1-3-4-5-6-7-8-9-10-11-12-13-14-15-16-17-18-19-25(27(31)32-2)20-26(30)35-28-21-33-23-29(28)24-34-22-28/h18-19,25H,3-17,20-24H2,1-2H3. The van der Waals surface area contributed by atoms with E-state index in [1.807, 2.05) is 11.0 Å². The summed E-state index contributed by atoms with van der Waals surface area (Å²) < 4.78 is 21.4. The molecule has 7 nitrogen and oxygen atoms in total. The van der Waals surface area contributed by atoms with Crippen molar-refractivity contribution in [1.29, 1.82) is 0 Å².